The van der Waals surface area contributed by atoms with Crippen LogP contribution in [0.5, 0.6) is 5.88 Å². The molecule has 134 valence electrons. The molecule has 26 heavy (non-hydrogen) atoms. The van der Waals surface area contributed by atoms with E-state index in [9.17, 15) is 9.90 Å². The van der Waals surface area contributed by atoms with Crippen LogP contribution in [-0.4, -0.2) is 47.3 Å². The number of benzene rings is 1. The third kappa shape index (κ3) is 3.44. The van der Waals surface area contributed by atoms with Gasteiger partial charge in [-0.15, -0.1) is 21.6 Å². The molecule has 0 unspecified atom stereocenters. The van der Waals surface area contributed by atoms with Gasteiger partial charge in [0.15, 0.2) is 10.8 Å². The molecular formula is C17H17N5O3S. The lowest BCUT2D eigenvalue weighted by Crippen LogP contribution is -2.36. The maximum atomic E-state index is 12.1. The number of para-hydroxylation sites is 1. The van der Waals surface area contributed by atoms with Gasteiger partial charge in [0.2, 0.25) is 5.88 Å². The van der Waals surface area contributed by atoms with Gasteiger partial charge in [-0.05, 0) is 6.07 Å². The Bertz CT molecular complexity index is 958. The van der Waals surface area contributed by atoms with Crippen LogP contribution in [0.2, 0.25) is 0 Å². The number of anilines is 1. The highest BCUT2D eigenvalue weighted by molar-refractivity contribution is 7.13. The fourth-order valence-corrected chi connectivity index (χ4v) is 3.67. The van der Waals surface area contributed by atoms with Crippen LogP contribution in [0.4, 0.5) is 10.8 Å². The van der Waals surface area contributed by atoms with E-state index in [1.54, 1.807) is 6.07 Å². The second-order valence-corrected chi connectivity index (χ2v) is 6.70. The van der Waals surface area contributed by atoms with Crippen molar-refractivity contribution in [2.75, 3.05) is 31.2 Å². The minimum Gasteiger partial charge on any atom is -0.493 e. The first-order chi connectivity index (χ1) is 12.7. The number of nitrogens with one attached hydrogen (secondary N) is 1. The van der Waals surface area contributed by atoms with E-state index in [-0.39, 0.29) is 18.0 Å². The summed E-state index contributed by atoms with van der Waals surface area (Å²) in [4.78, 5) is 21.6. The van der Waals surface area contributed by atoms with Crippen molar-refractivity contribution in [2.45, 2.75) is 6.42 Å². The van der Waals surface area contributed by atoms with Gasteiger partial charge in [-0.1, -0.05) is 18.2 Å². The van der Waals surface area contributed by atoms with Gasteiger partial charge in [-0.3, -0.25) is 4.79 Å². The zero-order chi connectivity index (χ0) is 17.9. The first kappa shape index (κ1) is 16.7. The van der Waals surface area contributed by atoms with E-state index in [1.807, 2.05) is 23.6 Å². The monoisotopic (exact) mass is 371 g/mol. The summed E-state index contributed by atoms with van der Waals surface area (Å²) in [5.74, 6) is -0.514. The molecule has 1 fully saturated rings. The number of azo groups is 1. The summed E-state index contributed by atoms with van der Waals surface area (Å²) in [5.41, 5.74) is 1.67. The van der Waals surface area contributed by atoms with Crippen LogP contribution < -0.4 is 4.90 Å². The van der Waals surface area contributed by atoms with E-state index in [0.29, 0.717) is 24.3 Å². The predicted molar refractivity (Wildman–Crippen MR) is 98.3 cm³/mol. The number of aromatic nitrogens is 2. The Kier molecular flexibility index (Phi) is 4.63. The number of aromatic hydroxyl groups is 1. The molecule has 3 aromatic rings. The van der Waals surface area contributed by atoms with Gasteiger partial charge in [-0.25, -0.2) is 4.98 Å². The van der Waals surface area contributed by atoms with E-state index >= 15 is 0 Å². The number of carbonyl (C=O) groups is 1. The number of fused-ring (bicyclic) bond motifs is 1. The first-order valence-corrected chi connectivity index (χ1v) is 9.10. The molecule has 1 aromatic carbocycles. The Labute approximate surface area is 153 Å². The fourth-order valence-electron chi connectivity index (χ4n) is 2.79. The smallest absolute Gasteiger partial charge is 0.270 e. The van der Waals surface area contributed by atoms with E-state index in [2.05, 4.69) is 25.1 Å². The molecule has 9 heteroatoms. The van der Waals surface area contributed by atoms with Crippen LogP contribution in [0.15, 0.2) is 39.9 Å². The molecule has 0 aliphatic carbocycles. The molecular weight excluding hydrogens is 354 g/mol. The molecule has 8 nitrogen and oxygen atoms in total. The molecule has 1 saturated heterocycles. The van der Waals surface area contributed by atoms with Gasteiger partial charge in [0.25, 0.3) is 5.91 Å². The summed E-state index contributed by atoms with van der Waals surface area (Å²) in [6.07, 6.45) is 0.0768. The van der Waals surface area contributed by atoms with Crippen molar-refractivity contribution in [1.82, 2.24) is 9.97 Å². The lowest BCUT2D eigenvalue weighted by atomic mass is 10.2. The Morgan fingerprint density at radius 2 is 2.15 bits per heavy atom. The molecule has 0 saturated carbocycles. The minimum atomic E-state index is -0.409. The van der Waals surface area contributed by atoms with Crippen LogP contribution in [0.25, 0.3) is 10.9 Å². The van der Waals surface area contributed by atoms with Crippen molar-refractivity contribution >= 4 is 39.0 Å². The third-order valence-corrected chi connectivity index (χ3v) is 5.02. The molecule has 0 spiro atoms. The average molecular weight is 371 g/mol. The maximum Gasteiger partial charge on any atom is 0.270 e. The second-order valence-electron chi connectivity index (χ2n) is 5.86. The maximum absolute atomic E-state index is 12.1. The highest BCUT2D eigenvalue weighted by atomic mass is 32.1. The summed E-state index contributed by atoms with van der Waals surface area (Å²) in [5, 5.41) is 21.1. The molecule has 0 atom stereocenters. The number of aromatic amines is 1. The summed E-state index contributed by atoms with van der Waals surface area (Å²) >= 11 is 1.51. The van der Waals surface area contributed by atoms with Gasteiger partial charge in [0.1, 0.15) is 0 Å². The lowest BCUT2D eigenvalue weighted by Gasteiger charge is -2.25. The molecule has 0 bridgehead atoms. The van der Waals surface area contributed by atoms with Gasteiger partial charge >= 0.3 is 0 Å². The van der Waals surface area contributed by atoms with Crippen molar-refractivity contribution < 1.29 is 14.6 Å². The van der Waals surface area contributed by atoms with Gasteiger partial charge in [0, 0.05) is 23.9 Å². The zero-order valence-electron chi connectivity index (χ0n) is 13.9. The molecule has 1 aliphatic rings. The summed E-state index contributed by atoms with van der Waals surface area (Å²) in [6, 6.07) is 7.30. The SMILES string of the molecule is O=C(Cc1csc(N2CCOCC2)n1)N=Nc1c(O)[nH]c2ccccc12. The number of nitrogens with zero attached hydrogens (tertiary/aromatic N) is 4. The van der Waals surface area contributed by atoms with Crippen LogP contribution in [0, 0.1) is 0 Å². The molecule has 2 N–H and O–H groups in total. The highest BCUT2D eigenvalue weighted by Gasteiger charge is 2.16. The van der Waals surface area contributed by atoms with Crippen molar-refractivity contribution in [3.8, 4) is 5.88 Å². The zero-order valence-corrected chi connectivity index (χ0v) is 14.7. The number of thiazole rings is 1. The number of H-pyrrole nitrogens is 1. The standard InChI is InChI=1S/C17H17N5O3S/c23-14(9-11-10-26-17(18-11)22-5-7-25-8-6-22)20-21-15-12-3-1-2-4-13(12)19-16(15)24/h1-4,10,19,24H,5-9H2. The van der Waals surface area contributed by atoms with Crippen LogP contribution in [0.1, 0.15) is 5.69 Å². The van der Waals surface area contributed by atoms with Crippen LogP contribution >= 0.6 is 11.3 Å². The normalized spacial score (nSPS) is 15.2. The highest BCUT2D eigenvalue weighted by Crippen LogP contribution is 2.35. The Balaban J connectivity index is 1.44. The Morgan fingerprint density at radius 3 is 3.00 bits per heavy atom. The lowest BCUT2D eigenvalue weighted by molar-refractivity contribution is -0.117. The number of morpholine rings is 1. The Morgan fingerprint density at radius 1 is 1.35 bits per heavy atom. The predicted octanol–water partition coefficient (Wildman–Crippen LogP) is 3.02. The van der Waals surface area contributed by atoms with Gasteiger partial charge in [-0.2, -0.15) is 0 Å². The molecule has 0 radical (unpaired) electrons. The van der Waals surface area contributed by atoms with Crippen molar-refractivity contribution in [3.05, 3.63) is 35.3 Å². The first-order valence-electron chi connectivity index (χ1n) is 8.22. The number of hydrogen-bond donors (Lipinski definition) is 2. The van der Waals surface area contributed by atoms with Crippen LogP contribution in [-0.2, 0) is 16.0 Å². The Hall–Kier alpha value is -2.78. The van der Waals surface area contributed by atoms with E-state index in [0.717, 1.165) is 23.7 Å². The van der Waals surface area contributed by atoms with Crippen molar-refractivity contribution in [3.63, 3.8) is 0 Å². The molecule has 1 aliphatic heterocycles. The molecule has 3 heterocycles. The van der Waals surface area contributed by atoms with E-state index < -0.39 is 5.91 Å². The minimum absolute atomic E-state index is 0.0768. The van der Waals surface area contributed by atoms with E-state index in [1.165, 1.54) is 11.3 Å². The quantitative estimate of drug-likeness (QED) is 0.686. The fraction of sp³-hybridized carbons (Fsp3) is 0.294. The number of ether oxygens (including phenoxy) is 1. The van der Waals surface area contributed by atoms with Crippen molar-refractivity contribution in [1.29, 1.82) is 0 Å². The number of carbonyl (C=O) groups excluding carboxylic acids is 1. The topological polar surface area (TPSA) is 103 Å². The van der Waals surface area contributed by atoms with Gasteiger partial charge in [0.05, 0.1) is 30.8 Å². The van der Waals surface area contributed by atoms with E-state index in [4.69, 9.17) is 4.74 Å². The largest absolute Gasteiger partial charge is 0.493 e. The number of hydrogen-bond acceptors (Lipinski definition) is 7. The van der Waals surface area contributed by atoms with Crippen LogP contribution in [0.3, 0.4) is 0 Å². The summed E-state index contributed by atoms with van der Waals surface area (Å²) in [6.45, 7) is 2.99. The molecule has 1 amide bonds. The molecule has 2 aromatic heterocycles. The second kappa shape index (κ2) is 7.22. The summed E-state index contributed by atoms with van der Waals surface area (Å²) in [7, 11) is 0. The average Bonchev–Trinajstić information content (AvgIpc) is 3.24. The van der Waals surface area contributed by atoms with Gasteiger partial charge < -0.3 is 19.7 Å². The third-order valence-electron chi connectivity index (χ3n) is 4.07. The number of rotatable bonds is 4. The van der Waals surface area contributed by atoms with Crippen molar-refractivity contribution in [2.24, 2.45) is 10.2 Å². The molecule has 4 rings (SSSR count). The summed E-state index contributed by atoms with van der Waals surface area (Å²) < 4.78 is 5.33. The number of amides is 1.